The summed E-state index contributed by atoms with van der Waals surface area (Å²) in [6.07, 6.45) is -10.5. The van der Waals surface area contributed by atoms with Crippen LogP contribution in [0, 0.1) is 0 Å². The molecule has 1 rings (SSSR count). The number of hydrogen-bond acceptors (Lipinski definition) is 3. The lowest BCUT2D eigenvalue weighted by Gasteiger charge is -2.35. The zero-order valence-electron chi connectivity index (χ0n) is 10.1. The van der Waals surface area contributed by atoms with Crippen molar-refractivity contribution in [2.75, 3.05) is 0 Å². The monoisotopic (exact) mass is 303 g/mol. The largest absolute Gasteiger partial charge is 0.573 e. The first-order valence-electron chi connectivity index (χ1n) is 5.29. The van der Waals surface area contributed by atoms with Gasteiger partial charge in [0.1, 0.15) is 5.75 Å². The number of aliphatic hydroxyl groups is 1. The van der Waals surface area contributed by atoms with E-state index in [4.69, 9.17) is 5.73 Å². The number of hydrogen-bond donors (Lipinski definition) is 2. The highest BCUT2D eigenvalue weighted by molar-refractivity contribution is 5.40. The molecule has 0 fully saturated rings. The van der Waals surface area contributed by atoms with Crippen molar-refractivity contribution in [2.24, 2.45) is 5.73 Å². The van der Waals surface area contributed by atoms with E-state index in [9.17, 15) is 31.4 Å². The number of benzene rings is 1. The molecule has 2 atom stereocenters. The van der Waals surface area contributed by atoms with Crippen LogP contribution in [0.5, 0.6) is 5.75 Å². The van der Waals surface area contributed by atoms with E-state index in [1.165, 1.54) is 0 Å². The number of nitrogens with two attached hydrogens (primary N) is 1. The van der Waals surface area contributed by atoms with Gasteiger partial charge in [0, 0.05) is 11.6 Å². The van der Waals surface area contributed by atoms with Gasteiger partial charge in [-0.15, -0.1) is 13.2 Å². The van der Waals surface area contributed by atoms with Crippen LogP contribution in [0.3, 0.4) is 0 Å². The van der Waals surface area contributed by atoms with Crippen molar-refractivity contribution in [2.45, 2.75) is 31.1 Å². The van der Waals surface area contributed by atoms with Gasteiger partial charge < -0.3 is 15.6 Å². The fourth-order valence-corrected chi connectivity index (χ4v) is 1.65. The first-order valence-corrected chi connectivity index (χ1v) is 5.29. The summed E-state index contributed by atoms with van der Waals surface area (Å²) in [6, 6.07) is 1.53. The normalized spacial score (nSPS) is 17.4. The lowest BCUT2D eigenvalue weighted by atomic mass is 9.86. The van der Waals surface area contributed by atoms with Crippen molar-refractivity contribution in [3.8, 4) is 5.75 Å². The van der Waals surface area contributed by atoms with Crippen LogP contribution in [-0.2, 0) is 5.60 Å². The van der Waals surface area contributed by atoms with Gasteiger partial charge in [-0.1, -0.05) is 18.2 Å². The summed E-state index contributed by atoms with van der Waals surface area (Å²) in [5.74, 6) is -1.16. The Hall–Kier alpha value is -1.48. The van der Waals surface area contributed by atoms with Gasteiger partial charge in [-0.3, -0.25) is 0 Å². The molecule has 0 aliphatic carbocycles. The quantitative estimate of drug-likeness (QED) is 0.844. The van der Waals surface area contributed by atoms with Gasteiger partial charge in [0.05, 0.1) is 0 Å². The van der Waals surface area contributed by atoms with E-state index >= 15 is 0 Å². The summed E-state index contributed by atoms with van der Waals surface area (Å²) in [7, 11) is 0. The van der Waals surface area contributed by atoms with Crippen LogP contribution in [-0.4, -0.2) is 23.7 Å². The average molecular weight is 303 g/mol. The molecule has 0 spiro atoms. The fourth-order valence-electron chi connectivity index (χ4n) is 1.65. The third kappa shape index (κ3) is 3.15. The molecule has 9 heteroatoms. The molecule has 0 radical (unpaired) electrons. The van der Waals surface area contributed by atoms with Gasteiger partial charge in [-0.2, -0.15) is 13.2 Å². The summed E-state index contributed by atoms with van der Waals surface area (Å²) in [4.78, 5) is 0. The van der Waals surface area contributed by atoms with Crippen LogP contribution >= 0.6 is 0 Å². The number of rotatable bonds is 3. The topological polar surface area (TPSA) is 55.5 Å². The number of halogens is 6. The van der Waals surface area contributed by atoms with E-state index in [1.807, 2.05) is 0 Å². The lowest BCUT2D eigenvalue weighted by molar-refractivity contribution is -0.285. The Morgan fingerprint density at radius 3 is 2.00 bits per heavy atom. The van der Waals surface area contributed by atoms with Crippen molar-refractivity contribution in [1.29, 1.82) is 0 Å². The van der Waals surface area contributed by atoms with E-state index in [1.54, 1.807) is 0 Å². The molecule has 20 heavy (non-hydrogen) atoms. The standard InChI is InChI=1S/C11H11F6NO2/c1-6(18)9(19,10(12,13)14)7-4-2-3-5-8(7)20-11(15,16)17/h2-6,19H,18H2,1H3. The van der Waals surface area contributed by atoms with E-state index in [0.29, 0.717) is 12.1 Å². The molecule has 0 aromatic heterocycles. The van der Waals surface area contributed by atoms with Gasteiger partial charge in [0.15, 0.2) is 0 Å². The van der Waals surface area contributed by atoms with Crippen LogP contribution in [0.2, 0.25) is 0 Å². The fraction of sp³-hybridized carbons (Fsp3) is 0.455. The minimum absolute atomic E-state index is 0.669. The molecule has 2 unspecified atom stereocenters. The summed E-state index contributed by atoms with van der Waals surface area (Å²) in [6.45, 7) is 0.831. The summed E-state index contributed by atoms with van der Waals surface area (Å²) in [5.41, 5.74) is 0.360. The smallest absolute Gasteiger partial charge is 0.405 e. The molecular formula is C11H11F6NO2. The first-order chi connectivity index (χ1) is 8.89. The van der Waals surface area contributed by atoms with Crippen molar-refractivity contribution in [1.82, 2.24) is 0 Å². The molecule has 1 aromatic carbocycles. The predicted octanol–water partition coefficient (Wildman–Crippen LogP) is 2.68. The second kappa shape index (κ2) is 5.13. The van der Waals surface area contributed by atoms with Gasteiger partial charge >= 0.3 is 12.5 Å². The molecule has 0 aliphatic heterocycles. The van der Waals surface area contributed by atoms with Crippen LogP contribution in [0.1, 0.15) is 12.5 Å². The third-order valence-electron chi connectivity index (χ3n) is 2.61. The van der Waals surface area contributed by atoms with Crippen molar-refractivity contribution < 1.29 is 36.2 Å². The Bertz CT molecular complexity index is 471. The average Bonchev–Trinajstić information content (AvgIpc) is 2.24. The van der Waals surface area contributed by atoms with E-state index in [-0.39, 0.29) is 0 Å². The zero-order valence-corrected chi connectivity index (χ0v) is 10.1. The molecule has 0 amide bonds. The second-order valence-electron chi connectivity index (χ2n) is 4.10. The zero-order chi connectivity index (χ0) is 15.8. The van der Waals surface area contributed by atoms with Crippen LogP contribution < -0.4 is 10.5 Å². The molecule has 3 N–H and O–H groups in total. The molecule has 0 saturated carbocycles. The molecule has 114 valence electrons. The van der Waals surface area contributed by atoms with Gasteiger partial charge in [-0.05, 0) is 13.0 Å². The highest BCUT2D eigenvalue weighted by atomic mass is 19.4. The Labute approximate surface area is 109 Å². The summed E-state index contributed by atoms with van der Waals surface area (Å²) < 4.78 is 79.0. The number of ether oxygens (including phenoxy) is 1. The number of para-hydroxylation sites is 1. The second-order valence-corrected chi connectivity index (χ2v) is 4.10. The minimum atomic E-state index is -5.27. The lowest BCUT2D eigenvalue weighted by Crippen LogP contribution is -2.54. The van der Waals surface area contributed by atoms with Crippen LogP contribution in [0.15, 0.2) is 24.3 Å². The maximum absolute atomic E-state index is 13.0. The first kappa shape index (κ1) is 16.6. The van der Waals surface area contributed by atoms with E-state index in [0.717, 1.165) is 19.1 Å². The van der Waals surface area contributed by atoms with Crippen molar-refractivity contribution in [3.63, 3.8) is 0 Å². The molecule has 3 nitrogen and oxygen atoms in total. The Morgan fingerprint density at radius 1 is 1.10 bits per heavy atom. The Balaban J connectivity index is 3.44. The molecule has 1 aromatic rings. The van der Waals surface area contributed by atoms with E-state index in [2.05, 4.69) is 4.74 Å². The molecule has 0 aliphatic rings. The third-order valence-corrected chi connectivity index (χ3v) is 2.61. The van der Waals surface area contributed by atoms with Crippen molar-refractivity contribution >= 4 is 0 Å². The van der Waals surface area contributed by atoms with Gasteiger partial charge in [0.2, 0.25) is 5.60 Å². The highest BCUT2D eigenvalue weighted by Gasteiger charge is 2.59. The van der Waals surface area contributed by atoms with Crippen LogP contribution in [0.4, 0.5) is 26.3 Å². The molecular weight excluding hydrogens is 292 g/mol. The predicted molar refractivity (Wildman–Crippen MR) is 56.7 cm³/mol. The van der Waals surface area contributed by atoms with Gasteiger partial charge in [0.25, 0.3) is 0 Å². The van der Waals surface area contributed by atoms with Gasteiger partial charge in [-0.25, -0.2) is 0 Å². The summed E-state index contributed by atoms with van der Waals surface area (Å²) in [5, 5.41) is 9.78. The highest BCUT2D eigenvalue weighted by Crippen LogP contribution is 2.45. The molecule has 0 heterocycles. The number of alkyl halides is 6. The SMILES string of the molecule is CC(N)C(O)(c1ccccc1OC(F)(F)F)C(F)(F)F. The maximum atomic E-state index is 13.0. The maximum Gasteiger partial charge on any atom is 0.573 e. The molecule has 0 bridgehead atoms. The summed E-state index contributed by atoms with van der Waals surface area (Å²) >= 11 is 0. The van der Waals surface area contributed by atoms with Crippen molar-refractivity contribution in [3.05, 3.63) is 29.8 Å². The van der Waals surface area contributed by atoms with E-state index < -0.39 is 35.5 Å². The van der Waals surface area contributed by atoms with Crippen LogP contribution in [0.25, 0.3) is 0 Å². The Kier molecular flexibility index (Phi) is 4.25. The minimum Gasteiger partial charge on any atom is -0.405 e. The molecule has 0 saturated heterocycles. The Morgan fingerprint density at radius 2 is 1.60 bits per heavy atom.